The maximum absolute atomic E-state index is 11.4. The summed E-state index contributed by atoms with van der Waals surface area (Å²) in [5.74, 6) is -0.539. The Morgan fingerprint density at radius 1 is 1.38 bits per heavy atom. The molecule has 2 unspecified atom stereocenters. The summed E-state index contributed by atoms with van der Waals surface area (Å²) < 4.78 is 4.47. The first-order chi connectivity index (χ1) is 6.99. The number of amides is 1. The molecule has 0 aromatic carbocycles. The van der Waals surface area contributed by atoms with Gasteiger partial charge in [0.25, 0.3) is 0 Å². The van der Waals surface area contributed by atoms with Crippen LogP contribution < -0.4 is 11.1 Å². The lowest BCUT2D eigenvalue weighted by molar-refractivity contribution is -0.140. The average Bonchev–Trinajstić information content (AvgIpc) is 2.22. The maximum Gasteiger partial charge on any atom is 0.305 e. The lowest BCUT2D eigenvalue weighted by Crippen LogP contribution is -2.39. The Balaban J connectivity index is 0. The number of nitrogens with two attached hydrogens (primary N) is 1. The molecule has 0 rings (SSSR count). The predicted octanol–water partition coefficient (Wildman–Crippen LogP) is 0.461. The Bertz CT molecular complexity index is 222. The topological polar surface area (TPSA) is 81.4 Å². The highest BCUT2D eigenvalue weighted by Crippen LogP contribution is 1.99. The molecule has 0 heterocycles. The number of carbonyl (C=O) groups is 2. The molecule has 2 atom stereocenters. The van der Waals surface area contributed by atoms with Gasteiger partial charge in [-0.05, 0) is 13.3 Å². The first-order valence-corrected chi connectivity index (χ1v) is 5.09. The number of rotatable bonds is 6. The third-order valence-electron chi connectivity index (χ3n) is 2.29. The van der Waals surface area contributed by atoms with Crippen LogP contribution in [0.4, 0.5) is 0 Å². The van der Waals surface area contributed by atoms with Gasteiger partial charge < -0.3 is 15.8 Å². The van der Waals surface area contributed by atoms with E-state index in [-0.39, 0.29) is 36.2 Å². The molecule has 5 nitrogen and oxygen atoms in total. The number of ether oxygens (including phenoxy) is 1. The molecule has 0 fully saturated rings. The van der Waals surface area contributed by atoms with E-state index in [9.17, 15) is 9.59 Å². The Hall–Kier alpha value is -0.810. The van der Waals surface area contributed by atoms with Gasteiger partial charge in [-0.25, -0.2) is 0 Å². The Labute approximate surface area is 103 Å². The van der Waals surface area contributed by atoms with E-state index in [1.807, 2.05) is 0 Å². The van der Waals surface area contributed by atoms with Crippen LogP contribution in [0.1, 0.15) is 26.7 Å². The Kier molecular flexibility index (Phi) is 10.3. The molecule has 3 N–H and O–H groups in total. The van der Waals surface area contributed by atoms with E-state index < -0.39 is 0 Å². The van der Waals surface area contributed by atoms with Crippen LogP contribution in [0.5, 0.6) is 0 Å². The number of hydrogen-bond acceptors (Lipinski definition) is 4. The summed E-state index contributed by atoms with van der Waals surface area (Å²) in [6.45, 7) is 4.05. The van der Waals surface area contributed by atoms with Gasteiger partial charge in [-0.3, -0.25) is 9.59 Å². The van der Waals surface area contributed by atoms with Gasteiger partial charge in [0.05, 0.1) is 7.11 Å². The molecule has 0 saturated carbocycles. The van der Waals surface area contributed by atoms with Crippen molar-refractivity contribution in [3.63, 3.8) is 0 Å². The molecular weight excluding hydrogens is 232 g/mol. The molecule has 0 aromatic heterocycles. The standard InChI is InChI=1S/C10H20N2O3.ClH/c1-7(8(2)11)10(14)12-6-4-5-9(13)15-3;/h7-8H,4-6,11H2,1-3H3,(H,12,14);1H. The van der Waals surface area contributed by atoms with Gasteiger partial charge in [-0.1, -0.05) is 6.92 Å². The van der Waals surface area contributed by atoms with Crippen molar-refractivity contribution in [3.05, 3.63) is 0 Å². The molecule has 0 aliphatic rings. The highest BCUT2D eigenvalue weighted by molar-refractivity contribution is 5.85. The molecule has 6 heteroatoms. The molecule has 0 radical (unpaired) electrons. The first-order valence-electron chi connectivity index (χ1n) is 5.09. The smallest absolute Gasteiger partial charge is 0.305 e. The Morgan fingerprint density at radius 3 is 2.38 bits per heavy atom. The number of halogens is 1. The van der Waals surface area contributed by atoms with Crippen LogP contribution in [0.3, 0.4) is 0 Å². The summed E-state index contributed by atoms with van der Waals surface area (Å²) in [5, 5.41) is 2.72. The second-order valence-electron chi connectivity index (χ2n) is 3.62. The third kappa shape index (κ3) is 7.48. The van der Waals surface area contributed by atoms with Crippen LogP contribution in [-0.2, 0) is 14.3 Å². The third-order valence-corrected chi connectivity index (χ3v) is 2.29. The van der Waals surface area contributed by atoms with Crippen molar-refractivity contribution in [3.8, 4) is 0 Å². The minimum absolute atomic E-state index is 0. The summed E-state index contributed by atoms with van der Waals surface area (Å²) in [4.78, 5) is 22.1. The second-order valence-corrected chi connectivity index (χ2v) is 3.62. The van der Waals surface area contributed by atoms with Crippen molar-refractivity contribution < 1.29 is 14.3 Å². The van der Waals surface area contributed by atoms with Gasteiger partial charge in [0.15, 0.2) is 0 Å². The van der Waals surface area contributed by atoms with E-state index in [2.05, 4.69) is 10.1 Å². The maximum atomic E-state index is 11.4. The minimum atomic E-state index is -0.260. The molecular formula is C10H21ClN2O3. The molecule has 0 saturated heterocycles. The van der Waals surface area contributed by atoms with Gasteiger partial charge in [0.1, 0.15) is 0 Å². The molecule has 16 heavy (non-hydrogen) atoms. The second kappa shape index (κ2) is 9.42. The van der Waals surface area contributed by atoms with Gasteiger partial charge >= 0.3 is 5.97 Å². The van der Waals surface area contributed by atoms with Gasteiger partial charge in [-0.2, -0.15) is 0 Å². The summed E-state index contributed by atoms with van der Waals surface area (Å²) in [7, 11) is 1.35. The fraction of sp³-hybridized carbons (Fsp3) is 0.800. The lowest BCUT2D eigenvalue weighted by atomic mass is 10.0. The normalized spacial score (nSPS) is 13.2. The molecule has 1 amide bonds. The SMILES string of the molecule is COC(=O)CCCNC(=O)C(C)C(C)N.Cl. The molecule has 0 aromatic rings. The van der Waals surface area contributed by atoms with Crippen LogP contribution in [-0.4, -0.2) is 31.6 Å². The van der Waals surface area contributed by atoms with Crippen molar-refractivity contribution in [2.24, 2.45) is 11.7 Å². The van der Waals surface area contributed by atoms with E-state index in [4.69, 9.17) is 5.73 Å². The van der Waals surface area contributed by atoms with Crippen LogP contribution in [0, 0.1) is 5.92 Å². The van der Waals surface area contributed by atoms with Gasteiger partial charge in [-0.15, -0.1) is 12.4 Å². The molecule has 0 aliphatic heterocycles. The lowest BCUT2D eigenvalue weighted by Gasteiger charge is -2.14. The zero-order valence-electron chi connectivity index (χ0n) is 9.99. The van der Waals surface area contributed by atoms with E-state index in [0.29, 0.717) is 19.4 Å². The number of esters is 1. The van der Waals surface area contributed by atoms with Crippen molar-refractivity contribution in [1.29, 1.82) is 0 Å². The highest BCUT2D eigenvalue weighted by atomic mass is 35.5. The Morgan fingerprint density at radius 2 is 1.94 bits per heavy atom. The van der Waals surface area contributed by atoms with E-state index in [0.717, 1.165) is 0 Å². The fourth-order valence-corrected chi connectivity index (χ4v) is 0.946. The van der Waals surface area contributed by atoms with E-state index in [1.165, 1.54) is 7.11 Å². The van der Waals surface area contributed by atoms with Crippen molar-refractivity contribution in [2.75, 3.05) is 13.7 Å². The molecule has 0 spiro atoms. The predicted molar refractivity (Wildman–Crippen MR) is 64.3 cm³/mol. The van der Waals surface area contributed by atoms with E-state index >= 15 is 0 Å². The summed E-state index contributed by atoms with van der Waals surface area (Å²) in [6.07, 6.45) is 0.910. The number of nitrogens with one attached hydrogen (secondary N) is 1. The minimum Gasteiger partial charge on any atom is -0.469 e. The zero-order chi connectivity index (χ0) is 11.8. The largest absolute Gasteiger partial charge is 0.469 e. The van der Waals surface area contributed by atoms with Crippen molar-refractivity contribution in [1.82, 2.24) is 5.32 Å². The highest BCUT2D eigenvalue weighted by Gasteiger charge is 2.16. The molecule has 96 valence electrons. The summed E-state index contributed by atoms with van der Waals surface area (Å²) in [6, 6.07) is -0.161. The van der Waals surface area contributed by atoms with Crippen LogP contribution in [0.2, 0.25) is 0 Å². The molecule has 0 bridgehead atoms. The monoisotopic (exact) mass is 252 g/mol. The van der Waals surface area contributed by atoms with Crippen LogP contribution in [0.15, 0.2) is 0 Å². The van der Waals surface area contributed by atoms with Gasteiger partial charge in [0.2, 0.25) is 5.91 Å². The summed E-state index contributed by atoms with van der Waals surface area (Å²) >= 11 is 0. The van der Waals surface area contributed by atoms with Gasteiger partial charge in [0, 0.05) is 24.9 Å². The number of hydrogen-bond donors (Lipinski definition) is 2. The summed E-state index contributed by atoms with van der Waals surface area (Å²) in [5.41, 5.74) is 5.58. The number of methoxy groups -OCH3 is 1. The van der Waals surface area contributed by atoms with Crippen LogP contribution >= 0.6 is 12.4 Å². The van der Waals surface area contributed by atoms with E-state index in [1.54, 1.807) is 13.8 Å². The fourth-order valence-electron chi connectivity index (χ4n) is 0.946. The first kappa shape index (κ1) is 17.6. The quantitative estimate of drug-likeness (QED) is 0.532. The zero-order valence-corrected chi connectivity index (χ0v) is 10.8. The number of carbonyl (C=O) groups excluding carboxylic acids is 2. The van der Waals surface area contributed by atoms with Crippen molar-refractivity contribution in [2.45, 2.75) is 32.7 Å². The molecule has 0 aliphatic carbocycles. The van der Waals surface area contributed by atoms with Crippen LogP contribution in [0.25, 0.3) is 0 Å². The average molecular weight is 253 g/mol. The van der Waals surface area contributed by atoms with Crippen molar-refractivity contribution >= 4 is 24.3 Å².